The first-order chi connectivity index (χ1) is 18.6. The maximum Gasteiger partial charge on any atom is 0.472 e. The molecule has 2 unspecified atom stereocenters. The number of unbranched alkanes of at least 4 members (excludes halogenated alkanes) is 18. The fourth-order valence-electron chi connectivity index (χ4n) is 4.36. The average molecular weight is 581 g/mol. The van der Waals surface area contributed by atoms with Gasteiger partial charge in [-0.2, -0.15) is 0 Å². The van der Waals surface area contributed by atoms with E-state index in [1.807, 2.05) is 21.1 Å². The highest BCUT2D eigenvalue weighted by molar-refractivity contribution is 7.47. The smallest absolute Gasteiger partial charge is 0.457 e. The van der Waals surface area contributed by atoms with E-state index in [1.54, 1.807) is 0 Å². The lowest BCUT2D eigenvalue weighted by Gasteiger charge is -2.24. The van der Waals surface area contributed by atoms with Crippen LogP contribution in [0.5, 0.6) is 0 Å². The van der Waals surface area contributed by atoms with Crippen LogP contribution in [0.3, 0.4) is 0 Å². The van der Waals surface area contributed by atoms with Crippen molar-refractivity contribution >= 4 is 13.8 Å². The number of phosphoric ester groups is 1. The number of esters is 1. The minimum Gasteiger partial charge on any atom is -0.457 e. The number of ether oxygens (including phenoxy) is 1. The first-order valence-corrected chi connectivity index (χ1v) is 17.3. The number of carbonyl (C=O) groups is 1. The molecular formula is C30H63NO7P+. The van der Waals surface area contributed by atoms with Crippen LogP contribution in [0.15, 0.2) is 0 Å². The lowest BCUT2D eigenvalue weighted by Crippen LogP contribution is -2.37. The van der Waals surface area contributed by atoms with Crippen LogP contribution in [0.1, 0.15) is 135 Å². The Balaban J connectivity index is 3.57. The number of carbonyl (C=O) groups excluding carboxylic acids is 1. The Morgan fingerprint density at radius 3 is 1.51 bits per heavy atom. The van der Waals surface area contributed by atoms with E-state index in [-0.39, 0.29) is 19.6 Å². The molecule has 0 aliphatic heterocycles. The van der Waals surface area contributed by atoms with Crippen molar-refractivity contribution in [3.05, 3.63) is 0 Å². The number of hydrogen-bond donors (Lipinski definition) is 2. The van der Waals surface area contributed by atoms with Crippen molar-refractivity contribution in [1.82, 2.24) is 0 Å². The summed E-state index contributed by atoms with van der Waals surface area (Å²) in [4.78, 5) is 21.8. The molecule has 0 aromatic carbocycles. The van der Waals surface area contributed by atoms with Gasteiger partial charge in [-0.15, -0.1) is 0 Å². The molecule has 0 radical (unpaired) electrons. The van der Waals surface area contributed by atoms with E-state index < -0.39 is 26.5 Å². The summed E-state index contributed by atoms with van der Waals surface area (Å²) in [5.41, 5.74) is 0. The number of aliphatic hydroxyl groups excluding tert-OH is 1. The van der Waals surface area contributed by atoms with Crippen molar-refractivity contribution in [2.45, 2.75) is 141 Å². The third kappa shape index (κ3) is 28.8. The molecular weight excluding hydrogens is 517 g/mol. The van der Waals surface area contributed by atoms with Gasteiger partial charge in [-0.05, 0) is 6.42 Å². The van der Waals surface area contributed by atoms with E-state index >= 15 is 0 Å². The Morgan fingerprint density at radius 2 is 1.13 bits per heavy atom. The van der Waals surface area contributed by atoms with E-state index in [0.717, 1.165) is 19.3 Å². The molecule has 0 saturated heterocycles. The van der Waals surface area contributed by atoms with Crippen LogP contribution in [0.2, 0.25) is 0 Å². The lowest BCUT2D eigenvalue weighted by atomic mass is 10.0. The van der Waals surface area contributed by atoms with Crippen LogP contribution < -0.4 is 0 Å². The Bertz CT molecular complexity index is 613. The monoisotopic (exact) mass is 580 g/mol. The lowest BCUT2D eigenvalue weighted by molar-refractivity contribution is -0.870. The largest absolute Gasteiger partial charge is 0.472 e. The van der Waals surface area contributed by atoms with Gasteiger partial charge in [0, 0.05) is 6.42 Å². The van der Waals surface area contributed by atoms with E-state index in [1.165, 1.54) is 103 Å². The summed E-state index contributed by atoms with van der Waals surface area (Å²) in [7, 11) is 1.56. The van der Waals surface area contributed by atoms with Gasteiger partial charge < -0.3 is 19.2 Å². The second-order valence-corrected chi connectivity index (χ2v) is 13.5. The number of rotatable bonds is 29. The fraction of sp³-hybridized carbons (Fsp3) is 0.967. The predicted molar refractivity (Wildman–Crippen MR) is 160 cm³/mol. The number of likely N-dealkylation sites (N-methyl/N-ethyl adjacent to an activating group) is 1. The molecule has 234 valence electrons. The Kier molecular flexibility index (Phi) is 24.9. The highest BCUT2D eigenvalue weighted by Gasteiger charge is 2.25. The first kappa shape index (κ1) is 38.5. The zero-order valence-corrected chi connectivity index (χ0v) is 26.8. The van der Waals surface area contributed by atoms with Gasteiger partial charge in [0.05, 0.1) is 34.4 Å². The van der Waals surface area contributed by atoms with Crippen molar-refractivity contribution < 1.29 is 37.6 Å². The van der Waals surface area contributed by atoms with Crippen LogP contribution in [0.4, 0.5) is 0 Å². The highest BCUT2D eigenvalue weighted by atomic mass is 31.2. The number of quaternary nitrogens is 1. The van der Waals surface area contributed by atoms with Gasteiger partial charge in [-0.1, -0.05) is 122 Å². The minimum atomic E-state index is -4.26. The van der Waals surface area contributed by atoms with Crippen LogP contribution >= 0.6 is 7.82 Å². The van der Waals surface area contributed by atoms with Gasteiger partial charge >= 0.3 is 13.8 Å². The molecule has 39 heavy (non-hydrogen) atoms. The molecule has 0 aliphatic carbocycles. The van der Waals surface area contributed by atoms with E-state index in [9.17, 15) is 19.4 Å². The standard InChI is InChI=1S/C30H62NO7P/c1-5-6-7-8-9-10-11-12-13-14-15-16-17-18-19-20-21-22-23-24-30(33)38-29(27-32)28-37-39(34,35)36-26-25-31(2,3)4/h29,32H,5-28H2,1-4H3/p+1. The normalized spacial score (nSPS) is 14.3. The van der Waals surface area contributed by atoms with E-state index in [4.69, 9.17) is 13.8 Å². The summed E-state index contributed by atoms with van der Waals surface area (Å²) >= 11 is 0. The van der Waals surface area contributed by atoms with Crippen molar-refractivity contribution in [3.8, 4) is 0 Å². The van der Waals surface area contributed by atoms with Crippen LogP contribution in [0.25, 0.3) is 0 Å². The molecule has 0 aliphatic rings. The van der Waals surface area contributed by atoms with Gasteiger partial charge in [-0.25, -0.2) is 4.57 Å². The Hall–Kier alpha value is -0.500. The summed E-state index contributed by atoms with van der Waals surface area (Å²) < 4.78 is 27.5. The van der Waals surface area contributed by atoms with Gasteiger partial charge in [0.2, 0.25) is 0 Å². The average Bonchev–Trinajstić information content (AvgIpc) is 2.87. The van der Waals surface area contributed by atoms with Gasteiger partial charge in [0.1, 0.15) is 19.3 Å². The predicted octanol–water partition coefficient (Wildman–Crippen LogP) is 7.55. The molecule has 0 amide bonds. The summed E-state index contributed by atoms with van der Waals surface area (Å²) in [5, 5.41) is 9.42. The Labute approximate surface area is 240 Å². The van der Waals surface area contributed by atoms with E-state index in [0.29, 0.717) is 11.0 Å². The second-order valence-electron chi connectivity index (χ2n) is 12.0. The molecule has 9 heteroatoms. The molecule has 0 saturated carbocycles. The zero-order chi connectivity index (χ0) is 29.2. The molecule has 2 N–H and O–H groups in total. The number of aliphatic hydroxyl groups is 1. The van der Waals surface area contributed by atoms with E-state index in [2.05, 4.69) is 6.92 Å². The maximum absolute atomic E-state index is 12.0. The topological polar surface area (TPSA) is 102 Å². The molecule has 0 fully saturated rings. The van der Waals surface area contributed by atoms with Gasteiger partial charge in [0.25, 0.3) is 0 Å². The Morgan fingerprint density at radius 1 is 0.718 bits per heavy atom. The quantitative estimate of drug-likeness (QED) is 0.0407. The summed E-state index contributed by atoms with van der Waals surface area (Å²) in [6, 6.07) is 0. The van der Waals surface area contributed by atoms with Crippen LogP contribution in [-0.2, 0) is 23.1 Å². The number of nitrogens with zero attached hydrogens (tertiary/aromatic N) is 1. The van der Waals surface area contributed by atoms with Gasteiger partial charge in [-0.3, -0.25) is 13.8 Å². The summed E-state index contributed by atoms with van der Waals surface area (Å²) in [6.07, 6.45) is 23.9. The van der Waals surface area contributed by atoms with Crippen LogP contribution in [-0.4, -0.2) is 74.1 Å². The van der Waals surface area contributed by atoms with Gasteiger partial charge in [0.15, 0.2) is 0 Å². The van der Waals surface area contributed by atoms with Crippen LogP contribution in [0, 0.1) is 0 Å². The third-order valence-electron chi connectivity index (χ3n) is 6.93. The molecule has 0 spiro atoms. The molecule has 2 atom stereocenters. The van der Waals surface area contributed by atoms with Crippen molar-refractivity contribution in [2.24, 2.45) is 0 Å². The SMILES string of the molecule is CCCCCCCCCCCCCCCCCCCCCC(=O)OC(CO)COP(=O)(O)OCC[N+](C)(C)C. The molecule has 0 bridgehead atoms. The fourth-order valence-corrected chi connectivity index (χ4v) is 5.10. The molecule has 0 aromatic heterocycles. The maximum atomic E-state index is 12.0. The second kappa shape index (κ2) is 25.2. The third-order valence-corrected chi connectivity index (χ3v) is 7.91. The number of phosphoric acid groups is 1. The zero-order valence-electron chi connectivity index (χ0n) is 25.9. The summed E-state index contributed by atoms with van der Waals surface area (Å²) in [6.45, 7) is 1.99. The number of hydrogen-bond acceptors (Lipinski definition) is 6. The molecule has 0 aromatic rings. The molecule has 0 heterocycles. The van der Waals surface area contributed by atoms with Crippen molar-refractivity contribution in [2.75, 3.05) is 47.5 Å². The van der Waals surface area contributed by atoms with Crippen molar-refractivity contribution in [1.29, 1.82) is 0 Å². The first-order valence-electron chi connectivity index (χ1n) is 15.8. The minimum absolute atomic E-state index is 0.0558. The molecule has 0 rings (SSSR count). The van der Waals surface area contributed by atoms with Crippen molar-refractivity contribution in [3.63, 3.8) is 0 Å². The molecule has 8 nitrogen and oxygen atoms in total. The highest BCUT2D eigenvalue weighted by Crippen LogP contribution is 2.43. The summed E-state index contributed by atoms with van der Waals surface area (Å²) in [5.74, 6) is -0.427.